The second-order valence-corrected chi connectivity index (χ2v) is 4.78. The third kappa shape index (κ3) is 2.36. The van der Waals surface area contributed by atoms with Gasteiger partial charge < -0.3 is 10.0 Å². The van der Waals surface area contributed by atoms with E-state index in [0.29, 0.717) is 11.5 Å². The maximum Gasteiger partial charge on any atom is 0.345 e. The van der Waals surface area contributed by atoms with Crippen LogP contribution in [-0.2, 0) is 9.63 Å². The quantitative estimate of drug-likeness (QED) is 0.770. The number of hydrogen-bond acceptors (Lipinski definition) is 3. The molecule has 2 rings (SSSR count). The lowest BCUT2D eigenvalue weighted by Crippen LogP contribution is -2.54. The molecule has 2 saturated heterocycles. The van der Waals surface area contributed by atoms with Gasteiger partial charge in [-0.05, 0) is 6.42 Å². The Balaban J connectivity index is 2.16. The van der Waals surface area contributed by atoms with Gasteiger partial charge in [0, 0.05) is 6.42 Å². The number of piperidine rings is 1. The van der Waals surface area contributed by atoms with E-state index in [0.717, 1.165) is 11.3 Å². The lowest BCUT2D eigenvalue weighted by Gasteiger charge is -2.33. The van der Waals surface area contributed by atoms with Crippen LogP contribution in [0.3, 0.4) is 0 Å². The maximum atomic E-state index is 13.9. The van der Waals surface area contributed by atoms with Gasteiger partial charge in [-0.3, -0.25) is 4.84 Å². The molecule has 0 aromatic carbocycles. The van der Waals surface area contributed by atoms with E-state index < -0.39 is 36.4 Å². The second-order valence-electron chi connectivity index (χ2n) is 4.78. The number of aliphatic carboxylic acids is 1. The monoisotopic (exact) mass is 278 g/mol. The Bertz CT molecular complexity index is 391. The Morgan fingerprint density at radius 3 is 2.84 bits per heavy atom. The highest BCUT2D eigenvalue weighted by molar-refractivity contribution is 5.85. The molecule has 0 aliphatic carbocycles. The van der Waals surface area contributed by atoms with E-state index in [4.69, 9.17) is 9.94 Å². The number of carbonyl (C=O) groups is 2. The smallest absolute Gasteiger partial charge is 0.345 e. The van der Waals surface area contributed by atoms with E-state index in [9.17, 15) is 18.4 Å². The van der Waals surface area contributed by atoms with Crippen LogP contribution < -0.4 is 0 Å². The van der Waals surface area contributed by atoms with Crippen LogP contribution in [0.5, 0.6) is 0 Å². The van der Waals surface area contributed by atoms with Crippen molar-refractivity contribution in [3.8, 4) is 0 Å². The predicted molar refractivity (Wildman–Crippen MR) is 59.6 cm³/mol. The molecule has 1 N–H and O–H groups in total. The number of carbonyl (C=O) groups excluding carboxylic acids is 1. The van der Waals surface area contributed by atoms with Crippen molar-refractivity contribution in [1.82, 2.24) is 9.96 Å². The van der Waals surface area contributed by atoms with Gasteiger partial charge in [0.15, 0.2) is 0 Å². The summed E-state index contributed by atoms with van der Waals surface area (Å²) in [7, 11) is 0. The van der Waals surface area contributed by atoms with Gasteiger partial charge in [0.05, 0.1) is 13.2 Å². The predicted octanol–water partition coefficient (Wildman–Crippen LogP) is 1.32. The van der Waals surface area contributed by atoms with Gasteiger partial charge in [0.2, 0.25) is 0 Å². The van der Waals surface area contributed by atoms with Crippen LogP contribution in [0.25, 0.3) is 0 Å². The molecule has 19 heavy (non-hydrogen) atoms. The number of alkyl halides is 2. The summed E-state index contributed by atoms with van der Waals surface area (Å²) in [5, 5.41) is 9.57. The number of nitrogens with zero attached hydrogens (tertiary/aromatic N) is 2. The number of carboxylic acid groups (broad SMARTS) is 1. The van der Waals surface area contributed by atoms with E-state index in [-0.39, 0.29) is 13.2 Å². The summed E-state index contributed by atoms with van der Waals surface area (Å²) in [5.41, 5.74) is 0. The van der Waals surface area contributed by atoms with Crippen LogP contribution >= 0.6 is 0 Å². The SMILES string of the molecule is CCCCON1C(=O)N2CC1C(F)(F)C[C@H]2C(=O)O. The van der Waals surface area contributed by atoms with Crippen LogP contribution in [0, 0.1) is 0 Å². The largest absolute Gasteiger partial charge is 0.480 e. The third-order valence-electron chi connectivity index (χ3n) is 3.43. The number of fused-ring (bicyclic) bond motifs is 2. The molecule has 2 heterocycles. The molecule has 6 nitrogen and oxygen atoms in total. The number of urea groups is 1. The van der Waals surface area contributed by atoms with Crippen molar-refractivity contribution >= 4 is 12.0 Å². The van der Waals surface area contributed by atoms with Gasteiger partial charge in [0.1, 0.15) is 12.1 Å². The third-order valence-corrected chi connectivity index (χ3v) is 3.43. The van der Waals surface area contributed by atoms with E-state index in [1.54, 1.807) is 0 Å². The zero-order valence-corrected chi connectivity index (χ0v) is 10.5. The number of carboxylic acids is 1. The Morgan fingerprint density at radius 2 is 2.26 bits per heavy atom. The highest BCUT2D eigenvalue weighted by Gasteiger charge is 2.61. The molecular formula is C11H16F2N2O4. The first-order valence-corrected chi connectivity index (χ1v) is 6.22. The maximum absolute atomic E-state index is 13.9. The second kappa shape index (κ2) is 4.92. The standard InChI is InChI=1S/C11H16F2N2O4/c1-2-3-4-19-15-8-6-14(10(15)18)7(9(16)17)5-11(8,12)13/h7-8H,2-6H2,1H3,(H,16,17)/t7-,8?/m0/s1. The number of amides is 2. The lowest BCUT2D eigenvalue weighted by molar-refractivity contribution is -0.195. The lowest BCUT2D eigenvalue weighted by atomic mass is 9.97. The van der Waals surface area contributed by atoms with Crippen molar-refractivity contribution in [3.63, 3.8) is 0 Å². The number of hydrogen-bond donors (Lipinski definition) is 1. The molecule has 0 saturated carbocycles. The molecule has 0 radical (unpaired) electrons. The van der Waals surface area contributed by atoms with Gasteiger partial charge in [-0.15, -0.1) is 0 Å². The summed E-state index contributed by atoms with van der Waals surface area (Å²) in [5.74, 6) is -4.67. The Hall–Kier alpha value is -1.44. The minimum absolute atomic E-state index is 0.167. The first kappa shape index (κ1) is 14.0. The minimum atomic E-state index is -3.25. The molecule has 0 aromatic rings. The number of hydroxylamine groups is 2. The molecule has 0 aromatic heterocycles. The first-order valence-electron chi connectivity index (χ1n) is 6.22. The normalized spacial score (nSPS) is 28.9. The summed E-state index contributed by atoms with van der Waals surface area (Å²) in [6, 6.07) is -3.67. The van der Waals surface area contributed by atoms with Crippen LogP contribution in [0.15, 0.2) is 0 Å². The average molecular weight is 278 g/mol. The summed E-state index contributed by atoms with van der Waals surface area (Å²) in [4.78, 5) is 28.9. The molecule has 2 fully saturated rings. The first-order chi connectivity index (χ1) is 8.88. The Kier molecular flexibility index (Phi) is 3.62. The summed E-state index contributed by atoms with van der Waals surface area (Å²) in [6.07, 6.45) is 0.585. The summed E-state index contributed by atoms with van der Waals surface area (Å²) in [6.45, 7) is 1.77. The van der Waals surface area contributed by atoms with Gasteiger partial charge in [0.25, 0.3) is 5.92 Å². The van der Waals surface area contributed by atoms with Crippen molar-refractivity contribution in [2.24, 2.45) is 0 Å². The molecule has 108 valence electrons. The zero-order chi connectivity index (χ0) is 14.2. The fourth-order valence-corrected chi connectivity index (χ4v) is 2.34. The van der Waals surface area contributed by atoms with E-state index in [1.165, 1.54) is 0 Å². The van der Waals surface area contributed by atoms with E-state index in [2.05, 4.69) is 0 Å². The highest BCUT2D eigenvalue weighted by Crippen LogP contribution is 2.40. The molecule has 1 unspecified atom stereocenters. The van der Waals surface area contributed by atoms with Crippen molar-refractivity contribution in [2.75, 3.05) is 13.2 Å². The van der Waals surface area contributed by atoms with Crippen molar-refractivity contribution in [3.05, 3.63) is 0 Å². The summed E-state index contributed by atoms with van der Waals surface area (Å²) < 4.78 is 27.8. The topological polar surface area (TPSA) is 70.1 Å². The molecule has 2 amide bonds. The minimum Gasteiger partial charge on any atom is -0.480 e. The van der Waals surface area contributed by atoms with E-state index >= 15 is 0 Å². The van der Waals surface area contributed by atoms with Gasteiger partial charge in [-0.1, -0.05) is 13.3 Å². The number of rotatable bonds is 5. The van der Waals surface area contributed by atoms with Gasteiger partial charge >= 0.3 is 12.0 Å². The number of unbranched alkanes of at least 4 members (excludes halogenated alkanes) is 1. The molecular weight excluding hydrogens is 262 g/mol. The fraction of sp³-hybridized carbons (Fsp3) is 0.818. The Labute approximate surface area is 108 Å². The molecule has 8 heteroatoms. The average Bonchev–Trinajstić information content (AvgIpc) is 2.62. The molecule has 2 atom stereocenters. The molecule has 0 spiro atoms. The highest BCUT2D eigenvalue weighted by atomic mass is 19.3. The van der Waals surface area contributed by atoms with Crippen LogP contribution in [0.4, 0.5) is 13.6 Å². The molecule has 2 aliphatic heterocycles. The van der Waals surface area contributed by atoms with Gasteiger partial charge in [-0.25, -0.2) is 18.4 Å². The van der Waals surface area contributed by atoms with Crippen molar-refractivity contribution < 1.29 is 28.3 Å². The fourth-order valence-electron chi connectivity index (χ4n) is 2.34. The molecule has 2 aliphatic rings. The van der Waals surface area contributed by atoms with Crippen LogP contribution in [-0.4, -0.2) is 58.2 Å². The summed E-state index contributed by atoms with van der Waals surface area (Å²) >= 11 is 0. The van der Waals surface area contributed by atoms with Crippen LogP contribution in [0.2, 0.25) is 0 Å². The zero-order valence-electron chi connectivity index (χ0n) is 10.5. The Morgan fingerprint density at radius 1 is 1.58 bits per heavy atom. The van der Waals surface area contributed by atoms with E-state index in [1.807, 2.05) is 6.92 Å². The molecule has 2 bridgehead atoms. The van der Waals surface area contributed by atoms with Gasteiger partial charge in [-0.2, -0.15) is 5.06 Å². The van der Waals surface area contributed by atoms with Crippen molar-refractivity contribution in [2.45, 2.75) is 44.2 Å². The van der Waals surface area contributed by atoms with Crippen LogP contribution in [0.1, 0.15) is 26.2 Å². The van der Waals surface area contributed by atoms with Crippen molar-refractivity contribution in [1.29, 1.82) is 0 Å². The number of halogens is 2.